The minimum atomic E-state index is -1.76. The maximum absolute atomic E-state index is 14.1. The van der Waals surface area contributed by atoms with Crippen LogP contribution in [0.15, 0.2) is 54.1 Å². The van der Waals surface area contributed by atoms with Crippen molar-refractivity contribution in [3.63, 3.8) is 0 Å². The Bertz CT molecular complexity index is 1170. The van der Waals surface area contributed by atoms with Gasteiger partial charge in [0.05, 0.1) is 24.5 Å². The molecule has 1 saturated heterocycles. The Hall–Kier alpha value is -3.65. The number of benzene rings is 2. The van der Waals surface area contributed by atoms with Crippen molar-refractivity contribution >= 4 is 29.0 Å². The Balaban J connectivity index is 1.95. The lowest BCUT2D eigenvalue weighted by Gasteiger charge is -2.34. The van der Waals surface area contributed by atoms with Crippen LogP contribution in [0.4, 0.5) is 5.69 Å². The highest BCUT2D eigenvalue weighted by Crippen LogP contribution is 2.53. The molecule has 1 unspecified atom stereocenters. The molecule has 2 aliphatic heterocycles. The van der Waals surface area contributed by atoms with E-state index in [4.69, 9.17) is 9.47 Å². The number of rotatable bonds is 9. The molecule has 2 aliphatic rings. The average molecular weight is 479 g/mol. The number of Topliss-reactive ketones (excluding diaryl/α,β-unsaturated/α-hetero) is 1. The molecular formula is C27H30N2O6. The summed E-state index contributed by atoms with van der Waals surface area (Å²) in [5, 5.41) is 11.4. The van der Waals surface area contributed by atoms with Gasteiger partial charge in [0, 0.05) is 31.3 Å². The van der Waals surface area contributed by atoms with Crippen LogP contribution in [-0.4, -0.2) is 61.0 Å². The summed E-state index contributed by atoms with van der Waals surface area (Å²) in [7, 11) is 1.49. The smallest absolute Gasteiger partial charge is 0.296 e. The van der Waals surface area contributed by atoms with Crippen molar-refractivity contribution in [3.8, 4) is 5.75 Å². The number of anilines is 1. The summed E-state index contributed by atoms with van der Waals surface area (Å²) in [6, 6.07) is 13.7. The Labute approximate surface area is 204 Å². The van der Waals surface area contributed by atoms with Crippen molar-refractivity contribution in [1.82, 2.24) is 4.90 Å². The van der Waals surface area contributed by atoms with Gasteiger partial charge in [-0.3, -0.25) is 14.4 Å². The molecule has 0 saturated carbocycles. The molecule has 2 heterocycles. The normalized spacial score (nSPS) is 20.7. The second kappa shape index (κ2) is 9.92. The van der Waals surface area contributed by atoms with Gasteiger partial charge in [-0.2, -0.15) is 0 Å². The summed E-state index contributed by atoms with van der Waals surface area (Å²) in [4.78, 5) is 43.7. The number of carbonyl (C=O) groups is 3. The van der Waals surface area contributed by atoms with E-state index in [1.165, 1.54) is 12.0 Å². The van der Waals surface area contributed by atoms with Gasteiger partial charge in [0.15, 0.2) is 5.54 Å². The van der Waals surface area contributed by atoms with Crippen molar-refractivity contribution in [2.45, 2.75) is 32.2 Å². The number of amides is 2. The molecule has 2 aromatic carbocycles. The molecule has 0 aromatic heterocycles. The van der Waals surface area contributed by atoms with Crippen LogP contribution in [0.1, 0.15) is 37.8 Å². The van der Waals surface area contributed by atoms with Gasteiger partial charge < -0.3 is 24.4 Å². The summed E-state index contributed by atoms with van der Waals surface area (Å²) in [6.07, 6.45) is 1.53. The van der Waals surface area contributed by atoms with E-state index in [-0.39, 0.29) is 18.7 Å². The van der Waals surface area contributed by atoms with Crippen LogP contribution in [0.3, 0.4) is 0 Å². The largest absolute Gasteiger partial charge is 0.507 e. The van der Waals surface area contributed by atoms with Crippen LogP contribution in [-0.2, 0) is 24.7 Å². The van der Waals surface area contributed by atoms with Crippen LogP contribution in [0.5, 0.6) is 5.75 Å². The number of methoxy groups -OCH3 is 1. The molecule has 1 fully saturated rings. The Morgan fingerprint density at radius 2 is 1.66 bits per heavy atom. The molecule has 1 spiro atoms. The summed E-state index contributed by atoms with van der Waals surface area (Å²) < 4.78 is 10.8. The first-order valence-corrected chi connectivity index (χ1v) is 11.9. The number of aliphatic hydroxyl groups is 1. The molecule has 0 aliphatic carbocycles. The van der Waals surface area contributed by atoms with E-state index in [0.29, 0.717) is 42.1 Å². The Kier molecular flexibility index (Phi) is 6.93. The van der Waals surface area contributed by atoms with Gasteiger partial charge in [-0.15, -0.1) is 0 Å². The van der Waals surface area contributed by atoms with Gasteiger partial charge in [-0.1, -0.05) is 32.0 Å². The molecule has 1 atom stereocenters. The number of nitrogens with zero attached hydrogens (tertiary/aromatic N) is 2. The highest BCUT2D eigenvalue weighted by atomic mass is 16.5. The van der Waals surface area contributed by atoms with Crippen molar-refractivity contribution in [2.75, 3.05) is 38.3 Å². The molecule has 1 N–H and O–H groups in total. The SMILES string of the molecule is CCCOc1ccc(/C(O)=C2\C(=O)C(=O)N(CCOC)C23C(=O)N(CCC)c2ccccc23)cc1. The van der Waals surface area contributed by atoms with Crippen LogP contribution in [0.2, 0.25) is 0 Å². The number of hydrogen-bond acceptors (Lipinski definition) is 6. The summed E-state index contributed by atoms with van der Waals surface area (Å²) >= 11 is 0. The fraction of sp³-hybridized carbons (Fsp3) is 0.370. The zero-order valence-corrected chi connectivity index (χ0v) is 20.2. The lowest BCUT2D eigenvalue weighted by atomic mass is 9.82. The molecule has 8 nitrogen and oxygen atoms in total. The quantitative estimate of drug-likeness (QED) is 0.337. The highest BCUT2D eigenvalue weighted by Gasteiger charge is 2.66. The predicted molar refractivity (Wildman–Crippen MR) is 131 cm³/mol. The first-order valence-electron chi connectivity index (χ1n) is 11.9. The summed E-state index contributed by atoms with van der Waals surface area (Å²) in [6.45, 7) is 5.06. The predicted octanol–water partition coefficient (Wildman–Crippen LogP) is 3.45. The third kappa shape index (κ3) is 3.78. The molecule has 184 valence electrons. The topological polar surface area (TPSA) is 96.4 Å². The maximum Gasteiger partial charge on any atom is 0.296 e. The lowest BCUT2D eigenvalue weighted by molar-refractivity contribution is -0.144. The van der Waals surface area contributed by atoms with Gasteiger partial charge in [0.1, 0.15) is 11.5 Å². The van der Waals surface area contributed by atoms with Crippen LogP contribution in [0.25, 0.3) is 5.76 Å². The van der Waals surface area contributed by atoms with Crippen molar-refractivity contribution in [3.05, 3.63) is 65.2 Å². The molecule has 2 aromatic rings. The van der Waals surface area contributed by atoms with E-state index in [2.05, 4.69) is 0 Å². The highest BCUT2D eigenvalue weighted by molar-refractivity contribution is 6.50. The molecule has 4 rings (SSSR count). The van der Waals surface area contributed by atoms with Crippen molar-refractivity contribution < 1.29 is 29.0 Å². The molecule has 2 amide bonds. The zero-order valence-electron chi connectivity index (χ0n) is 20.2. The number of hydrogen-bond donors (Lipinski definition) is 1. The zero-order chi connectivity index (χ0) is 25.2. The number of carbonyl (C=O) groups excluding carboxylic acids is 3. The van der Waals surface area contributed by atoms with Gasteiger partial charge in [0.2, 0.25) is 0 Å². The minimum absolute atomic E-state index is 0.0156. The number of likely N-dealkylation sites (tertiary alicyclic amines) is 1. The molecule has 35 heavy (non-hydrogen) atoms. The first-order chi connectivity index (χ1) is 16.9. The number of fused-ring (bicyclic) bond motifs is 2. The maximum atomic E-state index is 14.1. The number of aliphatic hydroxyl groups excluding tert-OH is 1. The van der Waals surface area contributed by atoms with Gasteiger partial charge in [-0.05, 0) is 43.2 Å². The van der Waals surface area contributed by atoms with E-state index in [0.717, 1.165) is 6.42 Å². The number of para-hydroxylation sites is 1. The van der Waals surface area contributed by atoms with Gasteiger partial charge in [0.25, 0.3) is 17.6 Å². The Morgan fingerprint density at radius 3 is 2.31 bits per heavy atom. The van der Waals surface area contributed by atoms with Crippen LogP contribution < -0.4 is 9.64 Å². The molecule has 0 radical (unpaired) electrons. The average Bonchev–Trinajstić information content (AvgIpc) is 3.25. The second-order valence-electron chi connectivity index (χ2n) is 8.56. The van der Waals surface area contributed by atoms with E-state index in [1.54, 1.807) is 47.4 Å². The van der Waals surface area contributed by atoms with E-state index < -0.39 is 28.9 Å². The third-order valence-electron chi connectivity index (χ3n) is 6.38. The molecule has 0 bridgehead atoms. The van der Waals surface area contributed by atoms with E-state index >= 15 is 0 Å². The van der Waals surface area contributed by atoms with Gasteiger partial charge >= 0.3 is 0 Å². The summed E-state index contributed by atoms with van der Waals surface area (Å²) in [5.74, 6) is -1.94. The molecule has 8 heteroatoms. The standard InChI is InChI=1S/C27H30N2O6/c1-4-14-28-21-9-7-6-8-20(21)27(26(28)33)22(24(31)25(32)29(27)15-17-34-3)23(30)18-10-12-19(13-11-18)35-16-5-2/h6-13,30H,4-5,14-17H2,1-3H3/b23-22-. The fourth-order valence-corrected chi connectivity index (χ4v) is 4.87. The summed E-state index contributed by atoms with van der Waals surface area (Å²) in [5.41, 5.74) is -0.551. The Morgan fingerprint density at radius 1 is 0.943 bits per heavy atom. The monoisotopic (exact) mass is 478 g/mol. The third-order valence-corrected chi connectivity index (χ3v) is 6.38. The number of ether oxygens (including phenoxy) is 2. The van der Waals surface area contributed by atoms with Crippen LogP contribution >= 0.6 is 0 Å². The fourth-order valence-electron chi connectivity index (χ4n) is 4.87. The van der Waals surface area contributed by atoms with E-state index in [9.17, 15) is 19.5 Å². The number of ketones is 1. The van der Waals surface area contributed by atoms with Crippen molar-refractivity contribution in [1.29, 1.82) is 0 Å². The van der Waals surface area contributed by atoms with E-state index in [1.807, 2.05) is 19.9 Å². The molecular weight excluding hydrogens is 448 g/mol. The first kappa shape index (κ1) is 24.5. The second-order valence-corrected chi connectivity index (χ2v) is 8.56. The minimum Gasteiger partial charge on any atom is -0.507 e. The van der Waals surface area contributed by atoms with Crippen molar-refractivity contribution in [2.24, 2.45) is 0 Å². The lowest BCUT2D eigenvalue weighted by Crippen LogP contribution is -2.52. The van der Waals surface area contributed by atoms with Crippen LogP contribution in [0, 0.1) is 0 Å². The van der Waals surface area contributed by atoms with Gasteiger partial charge in [-0.25, -0.2) is 0 Å².